The minimum absolute atomic E-state index is 0.0925. The van der Waals surface area contributed by atoms with E-state index in [9.17, 15) is 4.79 Å². The number of pyridine rings is 1. The molecule has 1 amide bonds. The van der Waals surface area contributed by atoms with Crippen LogP contribution < -0.4 is 5.32 Å². The quantitative estimate of drug-likeness (QED) is 0.895. The minimum atomic E-state index is 0.0925. The number of nitrogens with one attached hydrogen (secondary N) is 1. The molecule has 1 saturated heterocycles. The summed E-state index contributed by atoms with van der Waals surface area (Å²) in [5.41, 5.74) is 2.79. The molecule has 1 N–H and O–H groups in total. The van der Waals surface area contributed by atoms with E-state index in [2.05, 4.69) is 26.2 Å². The number of carbonyl (C=O) groups is 1. The van der Waals surface area contributed by atoms with Crippen LogP contribution in [-0.2, 0) is 0 Å². The molecule has 0 atom stereocenters. The average Bonchev–Trinajstić information content (AvgIpc) is 3.05. The van der Waals surface area contributed by atoms with Crippen molar-refractivity contribution in [3.05, 3.63) is 52.1 Å². The fraction of sp³-hybridized carbons (Fsp3) is 0.294. The molecule has 0 unspecified atom stereocenters. The molecule has 1 aromatic carbocycles. The van der Waals surface area contributed by atoms with Gasteiger partial charge in [-0.1, -0.05) is 15.9 Å². The van der Waals surface area contributed by atoms with E-state index in [1.54, 1.807) is 12.3 Å². The SMILES string of the molecule is Cc1cc(Nc2cc(C(=O)N3CCCC3)ccn2)ccc1Br. The number of aromatic nitrogens is 1. The molecule has 0 bridgehead atoms. The van der Waals surface area contributed by atoms with Crippen LogP contribution in [0.4, 0.5) is 11.5 Å². The Morgan fingerprint density at radius 2 is 2.00 bits per heavy atom. The summed E-state index contributed by atoms with van der Waals surface area (Å²) in [6.07, 6.45) is 3.87. The van der Waals surface area contributed by atoms with Crippen molar-refractivity contribution < 1.29 is 4.79 Å². The highest BCUT2D eigenvalue weighted by atomic mass is 79.9. The van der Waals surface area contributed by atoms with Gasteiger partial charge < -0.3 is 10.2 Å². The Labute approximate surface area is 138 Å². The van der Waals surface area contributed by atoms with Crippen molar-refractivity contribution in [2.75, 3.05) is 18.4 Å². The molecule has 3 rings (SSSR count). The van der Waals surface area contributed by atoms with E-state index in [4.69, 9.17) is 0 Å². The van der Waals surface area contributed by atoms with Gasteiger partial charge in [-0.15, -0.1) is 0 Å². The van der Waals surface area contributed by atoms with Crippen LogP contribution in [-0.4, -0.2) is 28.9 Å². The molecule has 2 aromatic rings. The highest BCUT2D eigenvalue weighted by Gasteiger charge is 2.19. The predicted molar refractivity (Wildman–Crippen MR) is 91.5 cm³/mol. The Morgan fingerprint density at radius 3 is 2.73 bits per heavy atom. The Balaban J connectivity index is 1.78. The van der Waals surface area contributed by atoms with Gasteiger partial charge in [-0.3, -0.25) is 4.79 Å². The van der Waals surface area contributed by atoms with Crippen LogP contribution in [0.25, 0.3) is 0 Å². The van der Waals surface area contributed by atoms with Gasteiger partial charge in [-0.2, -0.15) is 0 Å². The van der Waals surface area contributed by atoms with E-state index in [1.807, 2.05) is 36.1 Å². The molecule has 1 aliphatic heterocycles. The maximum absolute atomic E-state index is 12.4. The molecule has 0 spiro atoms. The van der Waals surface area contributed by atoms with Crippen LogP contribution in [0.5, 0.6) is 0 Å². The van der Waals surface area contributed by atoms with Gasteiger partial charge in [0.2, 0.25) is 0 Å². The van der Waals surface area contributed by atoms with Crippen molar-refractivity contribution in [3.63, 3.8) is 0 Å². The lowest BCUT2D eigenvalue weighted by molar-refractivity contribution is 0.0793. The average molecular weight is 360 g/mol. The second kappa shape index (κ2) is 6.48. The van der Waals surface area contributed by atoms with Gasteiger partial charge in [-0.25, -0.2) is 4.98 Å². The lowest BCUT2D eigenvalue weighted by Gasteiger charge is -2.15. The monoisotopic (exact) mass is 359 g/mol. The van der Waals surface area contributed by atoms with Crippen molar-refractivity contribution in [2.45, 2.75) is 19.8 Å². The van der Waals surface area contributed by atoms with Crippen LogP contribution in [0.1, 0.15) is 28.8 Å². The smallest absolute Gasteiger partial charge is 0.254 e. The molecule has 114 valence electrons. The Kier molecular flexibility index (Phi) is 4.43. The lowest BCUT2D eigenvalue weighted by atomic mass is 10.2. The van der Waals surface area contributed by atoms with Crippen molar-refractivity contribution in [2.24, 2.45) is 0 Å². The van der Waals surface area contributed by atoms with E-state index >= 15 is 0 Å². The third kappa shape index (κ3) is 3.30. The Morgan fingerprint density at radius 1 is 1.23 bits per heavy atom. The zero-order valence-electron chi connectivity index (χ0n) is 12.5. The van der Waals surface area contributed by atoms with E-state index in [0.717, 1.165) is 41.7 Å². The molecule has 0 saturated carbocycles. The van der Waals surface area contributed by atoms with Crippen LogP contribution in [0, 0.1) is 6.92 Å². The first-order valence-electron chi connectivity index (χ1n) is 7.42. The standard InChI is InChI=1S/C17H18BrN3O/c1-12-10-14(4-5-15(12)18)20-16-11-13(6-7-19-16)17(22)21-8-2-3-9-21/h4-7,10-11H,2-3,8-9H2,1H3,(H,19,20). The second-order valence-corrected chi connectivity index (χ2v) is 6.37. The number of hydrogen-bond acceptors (Lipinski definition) is 3. The maximum atomic E-state index is 12.4. The molecule has 1 fully saturated rings. The summed E-state index contributed by atoms with van der Waals surface area (Å²) in [5, 5.41) is 3.26. The number of halogens is 1. The van der Waals surface area contributed by atoms with Crippen molar-refractivity contribution in [3.8, 4) is 0 Å². The fourth-order valence-electron chi connectivity index (χ4n) is 2.61. The summed E-state index contributed by atoms with van der Waals surface area (Å²) >= 11 is 3.49. The third-order valence-electron chi connectivity index (χ3n) is 3.83. The number of anilines is 2. The zero-order chi connectivity index (χ0) is 15.5. The van der Waals surface area contributed by atoms with Crippen molar-refractivity contribution in [1.82, 2.24) is 9.88 Å². The number of rotatable bonds is 3. The molecule has 2 heterocycles. The summed E-state index contributed by atoms with van der Waals surface area (Å²) in [7, 11) is 0. The number of nitrogens with zero attached hydrogens (tertiary/aromatic N) is 2. The third-order valence-corrected chi connectivity index (χ3v) is 4.72. The number of aryl methyl sites for hydroxylation is 1. The molecule has 5 heteroatoms. The summed E-state index contributed by atoms with van der Waals surface area (Å²) in [6.45, 7) is 3.75. The molecular weight excluding hydrogens is 342 g/mol. The molecule has 22 heavy (non-hydrogen) atoms. The molecule has 1 aromatic heterocycles. The van der Waals surface area contributed by atoms with E-state index in [-0.39, 0.29) is 5.91 Å². The van der Waals surface area contributed by atoms with Crippen LogP contribution in [0.2, 0.25) is 0 Å². The first-order valence-corrected chi connectivity index (χ1v) is 8.21. The highest BCUT2D eigenvalue weighted by Crippen LogP contribution is 2.23. The van der Waals surface area contributed by atoms with Crippen LogP contribution >= 0.6 is 15.9 Å². The van der Waals surface area contributed by atoms with Gasteiger partial charge in [0.1, 0.15) is 5.82 Å². The molecule has 0 radical (unpaired) electrons. The van der Waals surface area contributed by atoms with Crippen LogP contribution in [0.3, 0.4) is 0 Å². The Hall–Kier alpha value is -1.88. The summed E-state index contributed by atoms with van der Waals surface area (Å²) in [6, 6.07) is 9.61. The summed E-state index contributed by atoms with van der Waals surface area (Å²) in [4.78, 5) is 18.6. The number of likely N-dealkylation sites (tertiary alicyclic amines) is 1. The normalized spacial score (nSPS) is 14.2. The lowest BCUT2D eigenvalue weighted by Crippen LogP contribution is -2.27. The summed E-state index contributed by atoms with van der Waals surface area (Å²) < 4.78 is 1.07. The van der Waals surface area contributed by atoms with Gasteiger partial charge in [0.25, 0.3) is 5.91 Å². The van der Waals surface area contributed by atoms with E-state index < -0.39 is 0 Å². The van der Waals surface area contributed by atoms with Gasteiger partial charge in [0.05, 0.1) is 0 Å². The Bertz CT molecular complexity index is 696. The van der Waals surface area contributed by atoms with Gasteiger partial charge in [-0.05, 0) is 55.7 Å². The molecule has 4 nitrogen and oxygen atoms in total. The fourth-order valence-corrected chi connectivity index (χ4v) is 2.85. The number of hydrogen-bond donors (Lipinski definition) is 1. The van der Waals surface area contributed by atoms with Crippen molar-refractivity contribution in [1.29, 1.82) is 0 Å². The first kappa shape index (κ1) is 15.0. The zero-order valence-corrected chi connectivity index (χ0v) is 14.1. The predicted octanol–water partition coefficient (Wildman–Crippen LogP) is 4.13. The second-order valence-electron chi connectivity index (χ2n) is 5.52. The first-order chi connectivity index (χ1) is 10.6. The van der Waals surface area contributed by atoms with E-state index in [1.165, 1.54) is 0 Å². The van der Waals surface area contributed by atoms with Gasteiger partial charge in [0, 0.05) is 35.0 Å². The van der Waals surface area contributed by atoms with Gasteiger partial charge in [0.15, 0.2) is 0 Å². The van der Waals surface area contributed by atoms with Gasteiger partial charge >= 0.3 is 0 Å². The minimum Gasteiger partial charge on any atom is -0.340 e. The molecule has 0 aliphatic carbocycles. The molecular formula is C17H18BrN3O. The molecule has 1 aliphatic rings. The number of amides is 1. The topological polar surface area (TPSA) is 45.2 Å². The maximum Gasteiger partial charge on any atom is 0.254 e. The largest absolute Gasteiger partial charge is 0.340 e. The van der Waals surface area contributed by atoms with Crippen molar-refractivity contribution >= 4 is 33.3 Å². The van der Waals surface area contributed by atoms with Crippen LogP contribution in [0.15, 0.2) is 41.0 Å². The van der Waals surface area contributed by atoms with E-state index in [0.29, 0.717) is 11.4 Å². The summed E-state index contributed by atoms with van der Waals surface area (Å²) in [5.74, 6) is 0.779. The number of benzene rings is 1. The number of carbonyl (C=O) groups excluding carboxylic acids is 1. The highest BCUT2D eigenvalue weighted by molar-refractivity contribution is 9.10.